The van der Waals surface area contributed by atoms with Gasteiger partial charge in [0.05, 0.1) is 11.3 Å². The number of phenolic OH excluding ortho intramolecular Hbond substituents is 1. The molecule has 2 aromatic carbocycles. The summed E-state index contributed by atoms with van der Waals surface area (Å²) in [5, 5.41) is 12.5. The van der Waals surface area contributed by atoms with Gasteiger partial charge in [-0.1, -0.05) is 12.1 Å². The lowest BCUT2D eigenvalue weighted by molar-refractivity contribution is -0.131. The zero-order valence-corrected chi connectivity index (χ0v) is 15.9. The van der Waals surface area contributed by atoms with Gasteiger partial charge in [0, 0.05) is 45.2 Å². The van der Waals surface area contributed by atoms with Crippen molar-refractivity contribution in [1.82, 2.24) is 10.2 Å². The Bertz CT molecular complexity index is 883. The van der Waals surface area contributed by atoms with E-state index in [-0.39, 0.29) is 30.2 Å². The van der Waals surface area contributed by atoms with Crippen LogP contribution in [0.5, 0.6) is 5.75 Å². The highest BCUT2D eigenvalue weighted by Crippen LogP contribution is 2.27. The van der Waals surface area contributed by atoms with Crippen LogP contribution in [-0.2, 0) is 4.79 Å². The number of rotatable bonds is 6. The van der Waals surface area contributed by atoms with Gasteiger partial charge in [-0.25, -0.2) is 8.78 Å². The molecule has 0 aliphatic carbocycles. The highest BCUT2D eigenvalue weighted by molar-refractivity contribution is 5.94. The molecule has 0 radical (unpaired) electrons. The van der Waals surface area contributed by atoms with E-state index in [1.165, 1.54) is 0 Å². The van der Waals surface area contributed by atoms with E-state index in [0.717, 1.165) is 17.8 Å². The van der Waals surface area contributed by atoms with Crippen LogP contribution in [0.2, 0.25) is 0 Å². The van der Waals surface area contributed by atoms with E-state index in [1.54, 1.807) is 17.0 Å². The monoisotopic (exact) mass is 403 g/mol. The largest absolute Gasteiger partial charge is 0.506 e. The molecule has 1 heterocycles. The Morgan fingerprint density at radius 2 is 1.76 bits per heavy atom. The maximum Gasteiger partial charge on any atom is 0.254 e. The fourth-order valence-electron chi connectivity index (χ4n) is 3.30. The average molecular weight is 403 g/mol. The van der Waals surface area contributed by atoms with Gasteiger partial charge in [0.25, 0.3) is 5.91 Å². The molecule has 0 spiro atoms. The molecule has 0 aromatic heterocycles. The molecular formula is C21H23F2N3O3. The lowest BCUT2D eigenvalue weighted by Crippen LogP contribution is -2.48. The normalized spacial score (nSPS) is 14.0. The number of benzene rings is 2. The SMILES string of the molecule is O=C(NCCCC(=O)N1CCN(c2ccccc2O)CC1)c1ccc(F)cc1F. The number of nitrogens with one attached hydrogen (secondary N) is 1. The zero-order valence-electron chi connectivity index (χ0n) is 15.9. The van der Waals surface area contributed by atoms with Crippen molar-refractivity contribution in [2.75, 3.05) is 37.6 Å². The molecule has 1 fully saturated rings. The van der Waals surface area contributed by atoms with Crippen LogP contribution < -0.4 is 10.2 Å². The number of para-hydroxylation sites is 2. The minimum atomic E-state index is -0.916. The Kier molecular flexibility index (Phi) is 6.64. The number of carbonyl (C=O) groups is 2. The summed E-state index contributed by atoms with van der Waals surface area (Å²) >= 11 is 0. The van der Waals surface area contributed by atoms with E-state index in [4.69, 9.17) is 0 Å². The summed E-state index contributed by atoms with van der Waals surface area (Å²) in [7, 11) is 0. The fraction of sp³-hybridized carbons (Fsp3) is 0.333. The van der Waals surface area contributed by atoms with E-state index in [9.17, 15) is 23.5 Å². The van der Waals surface area contributed by atoms with Crippen molar-refractivity contribution in [3.63, 3.8) is 0 Å². The molecule has 2 aromatic rings. The quantitative estimate of drug-likeness (QED) is 0.727. The topological polar surface area (TPSA) is 72.9 Å². The second kappa shape index (κ2) is 9.36. The Labute approximate surface area is 167 Å². The molecule has 154 valence electrons. The van der Waals surface area contributed by atoms with Gasteiger partial charge in [0.1, 0.15) is 17.4 Å². The Morgan fingerprint density at radius 3 is 2.45 bits per heavy atom. The summed E-state index contributed by atoms with van der Waals surface area (Å²) < 4.78 is 26.5. The standard InChI is InChI=1S/C21H23F2N3O3/c22-15-7-8-16(17(23)14-15)21(29)24-9-3-6-20(28)26-12-10-25(11-13-26)18-4-1-2-5-19(18)27/h1-2,4-5,7-8,14,27H,3,6,9-13H2,(H,24,29). The molecule has 3 rings (SSSR count). The van der Waals surface area contributed by atoms with Crippen LogP contribution in [-0.4, -0.2) is 54.5 Å². The third-order valence-electron chi connectivity index (χ3n) is 4.88. The number of phenols is 1. The molecule has 6 nitrogen and oxygen atoms in total. The van der Waals surface area contributed by atoms with Gasteiger partial charge in [0.15, 0.2) is 0 Å². The minimum absolute atomic E-state index is 0.0101. The van der Waals surface area contributed by atoms with Crippen LogP contribution in [0.4, 0.5) is 14.5 Å². The summed E-state index contributed by atoms with van der Waals surface area (Å²) in [4.78, 5) is 28.1. The van der Waals surface area contributed by atoms with E-state index in [0.29, 0.717) is 38.7 Å². The van der Waals surface area contributed by atoms with Gasteiger partial charge in [0.2, 0.25) is 5.91 Å². The Hall–Kier alpha value is -3.16. The molecule has 0 unspecified atom stereocenters. The molecule has 1 saturated heterocycles. The van der Waals surface area contributed by atoms with Crippen molar-refractivity contribution < 1.29 is 23.5 Å². The molecule has 1 aliphatic heterocycles. The number of halogens is 2. The average Bonchev–Trinajstić information content (AvgIpc) is 2.71. The molecule has 0 bridgehead atoms. The number of hydrogen-bond donors (Lipinski definition) is 2. The van der Waals surface area contributed by atoms with Crippen molar-refractivity contribution >= 4 is 17.5 Å². The number of nitrogens with zero attached hydrogens (tertiary/aromatic N) is 2. The van der Waals surface area contributed by atoms with Crippen LogP contribution in [0.15, 0.2) is 42.5 Å². The second-order valence-electron chi connectivity index (χ2n) is 6.84. The molecule has 8 heteroatoms. The van der Waals surface area contributed by atoms with Crippen LogP contribution in [0.25, 0.3) is 0 Å². The first-order valence-corrected chi connectivity index (χ1v) is 9.49. The van der Waals surface area contributed by atoms with Crippen LogP contribution in [0.1, 0.15) is 23.2 Å². The van der Waals surface area contributed by atoms with Crippen LogP contribution >= 0.6 is 0 Å². The smallest absolute Gasteiger partial charge is 0.254 e. The van der Waals surface area contributed by atoms with E-state index < -0.39 is 17.5 Å². The summed E-state index contributed by atoms with van der Waals surface area (Å²) in [5.74, 6) is -2.08. The van der Waals surface area contributed by atoms with Crippen LogP contribution in [0.3, 0.4) is 0 Å². The molecule has 0 atom stereocenters. The summed E-state index contributed by atoms with van der Waals surface area (Å²) in [6.45, 7) is 2.59. The Morgan fingerprint density at radius 1 is 1.03 bits per heavy atom. The van der Waals surface area contributed by atoms with Crippen molar-refractivity contribution in [1.29, 1.82) is 0 Å². The second-order valence-corrected chi connectivity index (χ2v) is 6.84. The third kappa shape index (κ3) is 5.22. The molecule has 2 amide bonds. The first kappa shape index (κ1) is 20.6. The number of amides is 2. The van der Waals surface area contributed by atoms with Crippen molar-refractivity contribution in [2.45, 2.75) is 12.8 Å². The van der Waals surface area contributed by atoms with E-state index in [2.05, 4.69) is 5.32 Å². The molecule has 29 heavy (non-hydrogen) atoms. The zero-order chi connectivity index (χ0) is 20.8. The van der Waals surface area contributed by atoms with Gasteiger partial charge < -0.3 is 20.2 Å². The van der Waals surface area contributed by atoms with Crippen LogP contribution in [0, 0.1) is 11.6 Å². The maximum atomic E-state index is 13.6. The highest BCUT2D eigenvalue weighted by atomic mass is 19.1. The van der Waals surface area contributed by atoms with E-state index in [1.807, 2.05) is 17.0 Å². The maximum absolute atomic E-state index is 13.6. The predicted molar refractivity (Wildman–Crippen MR) is 105 cm³/mol. The van der Waals surface area contributed by atoms with Gasteiger partial charge in [-0.2, -0.15) is 0 Å². The molecule has 0 saturated carbocycles. The van der Waals surface area contributed by atoms with Gasteiger partial charge in [-0.15, -0.1) is 0 Å². The first-order valence-electron chi connectivity index (χ1n) is 9.49. The van der Waals surface area contributed by atoms with E-state index >= 15 is 0 Å². The first-order chi connectivity index (χ1) is 14.0. The number of anilines is 1. The fourth-order valence-corrected chi connectivity index (χ4v) is 3.30. The number of hydrogen-bond acceptors (Lipinski definition) is 4. The van der Waals surface area contributed by atoms with Gasteiger partial charge >= 0.3 is 0 Å². The van der Waals surface area contributed by atoms with Gasteiger partial charge in [-0.3, -0.25) is 9.59 Å². The third-order valence-corrected chi connectivity index (χ3v) is 4.88. The highest BCUT2D eigenvalue weighted by Gasteiger charge is 2.22. The summed E-state index contributed by atoms with van der Waals surface area (Å²) in [6, 6.07) is 9.89. The number of piperazine rings is 1. The minimum Gasteiger partial charge on any atom is -0.506 e. The molecule has 1 aliphatic rings. The lowest BCUT2D eigenvalue weighted by atomic mass is 10.2. The van der Waals surface area contributed by atoms with Crippen molar-refractivity contribution in [3.8, 4) is 5.75 Å². The van der Waals surface area contributed by atoms with Crippen molar-refractivity contribution in [3.05, 3.63) is 59.7 Å². The van der Waals surface area contributed by atoms with Crippen molar-refractivity contribution in [2.24, 2.45) is 0 Å². The summed E-state index contributed by atoms with van der Waals surface area (Å²) in [5.41, 5.74) is 0.536. The number of aromatic hydroxyl groups is 1. The molecule has 2 N–H and O–H groups in total. The predicted octanol–water partition coefficient (Wildman–Crippen LogP) is 2.53. The lowest BCUT2D eigenvalue weighted by Gasteiger charge is -2.36. The number of carbonyl (C=O) groups excluding carboxylic acids is 2. The van der Waals surface area contributed by atoms with Gasteiger partial charge in [-0.05, 0) is 30.7 Å². The summed E-state index contributed by atoms with van der Waals surface area (Å²) in [6.07, 6.45) is 0.690. The molecular weight excluding hydrogens is 380 g/mol. The Balaban J connectivity index is 1.39.